The summed E-state index contributed by atoms with van der Waals surface area (Å²) in [5.41, 5.74) is 0. The Balaban J connectivity index is 1.71. The maximum absolute atomic E-state index is 12.5. The highest BCUT2D eigenvalue weighted by molar-refractivity contribution is 7.91. The van der Waals surface area contributed by atoms with E-state index in [2.05, 4.69) is 9.97 Å². The minimum atomic E-state index is -2.96. The molecule has 20 heavy (non-hydrogen) atoms. The molecule has 2 amide bonds. The second-order valence-electron chi connectivity index (χ2n) is 5.25. The second kappa shape index (κ2) is 5.08. The fraction of sp³-hybridized carbons (Fsp3) is 0.667. The first-order valence-electron chi connectivity index (χ1n) is 6.82. The van der Waals surface area contributed by atoms with E-state index in [0.717, 1.165) is 18.7 Å². The number of imidazole rings is 1. The van der Waals surface area contributed by atoms with Gasteiger partial charge in [-0.3, -0.25) is 0 Å². The van der Waals surface area contributed by atoms with E-state index >= 15 is 0 Å². The zero-order valence-corrected chi connectivity index (χ0v) is 12.0. The number of nitrogens with one attached hydrogen (secondary N) is 1. The molecule has 7 nitrogen and oxygen atoms in total. The fourth-order valence-electron chi connectivity index (χ4n) is 2.83. The number of aromatic amines is 1. The van der Waals surface area contributed by atoms with E-state index in [1.807, 2.05) is 0 Å². The van der Waals surface area contributed by atoms with Gasteiger partial charge in [-0.2, -0.15) is 0 Å². The summed E-state index contributed by atoms with van der Waals surface area (Å²) < 4.78 is 22.8. The quantitative estimate of drug-likeness (QED) is 0.813. The summed E-state index contributed by atoms with van der Waals surface area (Å²) >= 11 is 0. The smallest absolute Gasteiger partial charge is 0.320 e. The molecule has 1 N–H and O–H groups in total. The number of carbonyl (C=O) groups excluding carboxylic acids is 1. The van der Waals surface area contributed by atoms with Crippen molar-refractivity contribution in [3.63, 3.8) is 0 Å². The molecule has 3 heterocycles. The van der Waals surface area contributed by atoms with Gasteiger partial charge in [0, 0.05) is 32.0 Å². The average molecular weight is 298 g/mol. The lowest BCUT2D eigenvalue weighted by molar-refractivity contribution is 0.150. The minimum Gasteiger partial charge on any atom is -0.347 e. The van der Waals surface area contributed by atoms with Gasteiger partial charge in [0.05, 0.1) is 17.5 Å². The monoisotopic (exact) mass is 298 g/mol. The van der Waals surface area contributed by atoms with Gasteiger partial charge >= 0.3 is 6.03 Å². The second-order valence-corrected chi connectivity index (χ2v) is 7.55. The van der Waals surface area contributed by atoms with Gasteiger partial charge in [0.25, 0.3) is 0 Å². The molecule has 2 aliphatic heterocycles. The molecule has 2 aliphatic rings. The van der Waals surface area contributed by atoms with Crippen LogP contribution in [0.4, 0.5) is 4.79 Å². The first-order chi connectivity index (χ1) is 9.57. The number of aromatic nitrogens is 2. The normalized spacial score (nSPS) is 25.9. The van der Waals surface area contributed by atoms with Crippen LogP contribution in [-0.2, 0) is 9.84 Å². The first-order valence-corrected chi connectivity index (χ1v) is 8.64. The molecule has 1 unspecified atom stereocenters. The zero-order chi connectivity index (χ0) is 14.2. The predicted octanol–water partition coefficient (Wildman–Crippen LogP) is 0.397. The van der Waals surface area contributed by atoms with Gasteiger partial charge in [-0.05, 0) is 12.8 Å². The topological polar surface area (TPSA) is 86.4 Å². The lowest BCUT2D eigenvalue weighted by Crippen LogP contribution is -2.49. The molecule has 110 valence electrons. The number of sulfone groups is 1. The molecule has 0 aliphatic carbocycles. The zero-order valence-electron chi connectivity index (χ0n) is 11.2. The van der Waals surface area contributed by atoms with Gasteiger partial charge < -0.3 is 14.8 Å². The Hall–Kier alpha value is -1.57. The number of H-pyrrole nitrogens is 1. The Kier molecular flexibility index (Phi) is 3.41. The number of hydrogen-bond donors (Lipinski definition) is 1. The van der Waals surface area contributed by atoms with Crippen molar-refractivity contribution in [2.45, 2.75) is 18.9 Å². The summed E-state index contributed by atoms with van der Waals surface area (Å²) in [6, 6.07) is -0.0881. The molecule has 2 saturated heterocycles. The van der Waals surface area contributed by atoms with Crippen molar-refractivity contribution in [1.29, 1.82) is 0 Å². The maximum Gasteiger partial charge on any atom is 0.320 e. The van der Waals surface area contributed by atoms with Crippen molar-refractivity contribution >= 4 is 15.9 Å². The fourth-order valence-corrected chi connectivity index (χ4v) is 4.03. The third-order valence-electron chi connectivity index (χ3n) is 3.95. The van der Waals surface area contributed by atoms with Gasteiger partial charge in [0.1, 0.15) is 5.82 Å². The largest absolute Gasteiger partial charge is 0.347 e. The van der Waals surface area contributed by atoms with Crippen LogP contribution in [0.25, 0.3) is 0 Å². The number of likely N-dealkylation sites (tertiary alicyclic amines) is 1. The van der Waals surface area contributed by atoms with Crippen LogP contribution in [0.3, 0.4) is 0 Å². The Morgan fingerprint density at radius 2 is 2.05 bits per heavy atom. The SMILES string of the molecule is O=C(N1CCS(=O)(=O)CC1)N1CCCC1c1ncc[nH]1. The molecular weight excluding hydrogens is 280 g/mol. The van der Waals surface area contributed by atoms with Crippen molar-refractivity contribution in [3.05, 3.63) is 18.2 Å². The lowest BCUT2D eigenvalue weighted by atomic mass is 10.2. The summed E-state index contributed by atoms with van der Waals surface area (Å²) in [5.74, 6) is 0.941. The summed E-state index contributed by atoms with van der Waals surface area (Å²) in [5, 5.41) is 0. The number of rotatable bonds is 1. The third kappa shape index (κ3) is 2.52. The average Bonchev–Trinajstić information content (AvgIpc) is 3.08. The maximum atomic E-state index is 12.5. The van der Waals surface area contributed by atoms with Gasteiger partial charge in [0.2, 0.25) is 0 Å². The standard InChI is InChI=1S/C12H18N4O3S/c17-12(15-6-8-20(18,19)9-7-15)16-5-1-2-10(16)11-13-3-4-14-11/h3-4,10H,1-2,5-9H2,(H,13,14). The molecule has 1 aromatic heterocycles. The van der Waals surface area contributed by atoms with Gasteiger partial charge in [0.15, 0.2) is 9.84 Å². The van der Waals surface area contributed by atoms with Crippen molar-refractivity contribution in [3.8, 4) is 0 Å². The van der Waals surface area contributed by atoms with Crippen molar-refractivity contribution in [2.75, 3.05) is 31.1 Å². The Labute approximate surface area is 117 Å². The predicted molar refractivity (Wildman–Crippen MR) is 72.9 cm³/mol. The molecule has 0 radical (unpaired) electrons. The van der Waals surface area contributed by atoms with Gasteiger partial charge in [-0.15, -0.1) is 0 Å². The molecule has 8 heteroatoms. The minimum absolute atomic E-state index is 0.0176. The van der Waals surface area contributed by atoms with Crippen LogP contribution in [0.15, 0.2) is 12.4 Å². The number of carbonyl (C=O) groups is 1. The van der Waals surface area contributed by atoms with Crippen LogP contribution in [0.2, 0.25) is 0 Å². The summed E-state index contributed by atoms with van der Waals surface area (Å²) in [6.45, 7) is 1.29. The van der Waals surface area contributed by atoms with Crippen LogP contribution in [0.1, 0.15) is 24.7 Å². The molecular formula is C12H18N4O3S. The molecule has 2 fully saturated rings. The van der Waals surface area contributed by atoms with Crippen LogP contribution in [-0.4, -0.2) is 65.4 Å². The summed E-state index contributed by atoms with van der Waals surface area (Å²) in [4.78, 5) is 23.3. The number of urea groups is 1. The van der Waals surface area contributed by atoms with E-state index < -0.39 is 9.84 Å². The van der Waals surface area contributed by atoms with E-state index in [-0.39, 0.29) is 23.6 Å². The van der Waals surface area contributed by atoms with Crippen molar-refractivity contribution < 1.29 is 13.2 Å². The van der Waals surface area contributed by atoms with E-state index in [1.54, 1.807) is 22.2 Å². The summed E-state index contributed by atoms with van der Waals surface area (Å²) in [7, 11) is -2.96. The molecule has 0 spiro atoms. The third-order valence-corrected chi connectivity index (χ3v) is 5.56. The molecule has 0 saturated carbocycles. The van der Waals surface area contributed by atoms with Crippen LogP contribution >= 0.6 is 0 Å². The first kappa shape index (κ1) is 13.4. The molecule has 0 bridgehead atoms. The van der Waals surface area contributed by atoms with E-state index in [0.29, 0.717) is 19.6 Å². The molecule has 1 aromatic rings. The number of amides is 2. The summed E-state index contributed by atoms with van der Waals surface area (Å²) in [6.07, 6.45) is 5.28. The number of hydrogen-bond acceptors (Lipinski definition) is 4. The Morgan fingerprint density at radius 3 is 2.70 bits per heavy atom. The van der Waals surface area contributed by atoms with Gasteiger partial charge in [-0.1, -0.05) is 0 Å². The molecule has 1 atom stereocenters. The molecule has 3 rings (SSSR count). The van der Waals surface area contributed by atoms with Crippen LogP contribution in [0, 0.1) is 0 Å². The van der Waals surface area contributed by atoms with E-state index in [9.17, 15) is 13.2 Å². The number of nitrogens with zero attached hydrogens (tertiary/aromatic N) is 3. The highest BCUT2D eigenvalue weighted by Crippen LogP contribution is 2.30. The van der Waals surface area contributed by atoms with Crippen LogP contribution in [0.5, 0.6) is 0 Å². The van der Waals surface area contributed by atoms with E-state index in [4.69, 9.17) is 0 Å². The highest BCUT2D eigenvalue weighted by Gasteiger charge is 2.35. The van der Waals surface area contributed by atoms with Crippen LogP contribution < -0.4 is 0 Å². The Morgan fingerprint density at radius 1 is 1.30 bits per heavy atom. The lowest BCUT2D eigenvalue weighted by Gasteiger charge is -2.33. The molecule has 0 aromatic carbocycles. The van der Waals surface area contributed by atoms with E-state index in [1.165, 1.54) is 0 Å². The highest BCUT2D eigenvalue weighted by atomic mass is 32.2. The van der Waals surface area contributed by atoms with Crippen molar-refractivity contribution in [1.82, 2.24) is 19.8 Å². The van der Waals surface area contributed by atoms with Gasteiger partial charge in [-0.25, -0.2) is 18.2 Å². The van der Waals surface area contributed by atoms with Crippen molar-refractivity contribution in [2.24, 2.45) is 0 Å². The Bertz CT molecular complexity index is 570.